The normalized spacial score (nSPS) is 15.7. The fraction of sp³-hybridized carbons (Fsp3) is 0.462. The maximum absolute atomic E-state index is 10.5. The second-order valence-corrected chi connectivity index (χ2v) is 5.74. The summed E-state index contributed by atoms with van der Waals surface area (Å²) in [4.78, 5) is 2.41. The third-order valence-electron chi connectivity index (χ3n) is 3.46. The molecule has 0 aromatic carbocycles. The van der Waals surface area contributed by atoms with E-state index in [0.717, 1.165) is 23.4 Å². The number of hydrogen-bond acceptors (Lipinski definition) is 4. The van der Waals surface area contributed by atoms with Crippen LogP contribution in [0.15, 0.2) is 12.3 Å². The average Bonchev–Trinajstić information content (AvgIpc) is 3.00. The molecule has 5 heteroatoms. The van der Waals surface area contributed by atoms with Crippen molar-refractivity contribution in [3.8, 4) is 5.75 Å². The summed E-state index contributed by atoms with van der Waals surface area (Å²) >= 11 is 1.71. The van der Waals surface area contributed by atoms with Gasteiger partial charge < -0.3 is 9.84 Å². The minimum absolute atomic E-state index is 0.638. The number of nitrogens with zero attached hydrogens (tertiary/aromatic N) is 2. The van der Waals surface area contributed by atoms with Crippen LogP contribution in [-0.4, -0.2) is 22.0 Å². The van der Waals surface area contributed by atoms with Gasteiger partial charge in [0.2, 0.25) is 0 Å². The fourth-order valence-corrected chi connectivity index (χ4v) is 3.76. The molecule has 3 rings (SSSR count). The number of aliphatic hydroxyl groups excluding tert-OH is 1. The quantitative estimate of drug-likeness (QED) is 0.923. The molecule has 0 saturated heterocycles. The average molecular weight is 264 g/mol. The van der Waals surface area contributed by atoms with Crippen molar-refractivity contribution in [1.29, 1.82) is 0 Å². The standard InChI is InChI=1S/C13H16N2O2S/c1-15-12(9(17-2)7-14-15)13(16)11-6-8-4-3-5-10(8)18-11/h6-7,13,16H,3-5H2,1-2H3. The molecule has 96 valence electrons. The van der Waals surface area contributed by atoms with Crippen LogP contribution in [0, 0.1) is 0 Å². The van der Waals surface area contributed by atoms with E-state index < -0.39 is 6.10 Å². The Morgan fingerprint density at radius 2 is 2.33 bits per heavy atom. The van der Waals surface area contributed by atoms with Crippen LogP contribution in [0.25, 0.3) is 0 Å². The van der Waals surface area contributed by atoms with Gasteiger partial charge in [-0.15, -0.1) is 11.3 Å². The first-order valence-corrected chi connectivity index (χ1v) is 6.87. The van der Waals surface area contributed by atoms with Gasteiger partial charge in [0, 0.05) is 16.8 Å². The van der Waals surface area contributed by atoms with Gasteiger partial charge in [-0.2, -0.15) is 5.10 Å². The summed E-state index contributed by atoms with van der Waals surface area (Å²) in [6, 6.07) is 2.13. The number of thiophene rings is 1. The van der Waals surface area contributed by atoms with Crippen LogP contribution >= 0.6 is 11.3 Å². The molecule has 1 unspecified atom stereocenters. The zero-order chi connectivity index (χ0) is 12.7. The molecule has 4 nitrogen and oxygen atoms in total. The summed E-state index contributed by atoms with van der Waals surface area (Å²) in [5.74, 6) is 0.638. The molecule has 2 aromatic heterocycles. The molecule has 1 N–H and O–H groups in total. The van der Waals surface area contributed by atoms with Gasteiger partial charge in [-0.3, -0.25) is 4.68 Å². The maximum Gasteiger partial charge on any atom is 0.163 e. The zero-order valence-electron chi connectivity index (χ0n) is 10.5. The van der Waals surface area contributed by atoms with Gasteiger partial charge in [0.1, 0.15) is 11.8 Å². The zero-order valence-corrected chi connectivity index (χ0v) is 11.3. The van der Waals surface area contributed by atoms with E-state index >= 15 is 0 Å². The van der Waals surface area contributed by atoms with Crippen molar-refractivity contribution in [1.82, 2.24) is 9.78 Å². The smallest absolute Gasteiger partial charge is 0.163 e. The Labute approximate surface area is 110 Å². The van der Waals surface area contributed by atoms with E-state index in [4.69, 9.17) is 4.74 Å². The lowest BCUT2D eigenvalue weighted by molar-refractivity contribution is 0.208. The molecule has 0 amide bonds. The van der Waals surface area contributed by atoms with Crippen LogP contribution in [0.4, 0.5) is 0 Å². The summed E-state index contributed by atoms with van der Waals surface area (Å²) in [5.41, 5.74) is 2.12. The van der Waals surface area contributed by atoms with Gasteiger partial charge in [0.15, 0.2) is 5.75 Å². The number of aryl methyl sites for hydroxylation is 3. The molecule has 0 bridgehead atoms. The number of hydrogen-bond donors (Lipinski definition) is 1. The van der Waals surface area contributed by atoms with Crippen molar-refractivity contribution in [2.24, 2.45) is 7.05 Å². The number of fused-ring (bicyclic) bond motifs is 1. The summed E-state index contributed by atoms with van der Waals surface area (Å²) < 4.78 is 6.92. The molecule has 1 aliphatic rings. The van der Waals surface area contributed by atoms with Gasteiger partial charge in [-0.25, -0.2) is 0 Å². The van der Waals surface area contributed by atoms with Crippen LogP contribution in [0.2, 0.25) is 0 Å². The molecule has 1 aliphatic carbocycles. The molecule has 0 aliphatic heterocycles. The van der Waals surface area contributed by atoms with Gasteiger partial charge in [-0.05, 0) is 30.9 Å². The number of methoxy groups -OCH3 is 1. The summed E-state index contributed by atoms with van der Waals surface area (Å²) in [5, 5.41) is 14.6. The van der Waals surface area contributed by atoms with E-state index in [9.17, 15) is 5.11 Å². The second kappa shape index (κ2) is 4.40. The fourth-order valence-electron chi connectivity index (χ4n) is 2.52. The van der Waals surface area contributed by atoms with Crippen molar-refractivity contribution in [2.45, 2.75) is 25.4 Å². The molecular formula is C13H16N2O2S. The highest BCUT2D eigenvalue weighted by molar-refractivity contribution is 7.12. The van der Waals surface area contributed by atoms with Crippen molar-refractivity contribution in [3.05, 3.63) is 33.3 Å². The summed E-state index contributed by atoms with van der Waals surface area (Å²) in [7, 11) is 3.42. The van der Waals surface area contributed by atoms with E-state index in [1.807, 2.05) is 7.05 Å². The predicted molar refractivity (Wildman–Crippen MR) is 70.2 cm³/mol. The number of aromatic nitrogens is 2. The van der Waals surface area contributed by atoms with Crippen LogP contribution in [0.3, 0.4) is 0 Å². The Balaban J connectivity index is 1.98. The van der Waals surface area contributed by atoms with Crippen LogP contribution in [-0.2, 0) is 19.9 Å². The first-order chi connectivity index (χ1) is 8.70. The minimum atomic E-state index is -0.650. The van der Waals surface area contributed by atoms with Crippen molar-refractivity contribution < 1.29 is 9.84 Å². The Morgan fingerprint density at radius 1 is 1.50 bits per heavy atom. The topological polar surface area (TPSA) is 47.3 Å². The highest BCUT2D eigenvalue weighted by Crippen LogP contribution is 2.38. The Bertz CT molecular complexity index is 552. The largest absolute Gasteiger partial charge is 0.493 e. The van der Waals surface area contributed by atoms with Crippen LogP contribution in [0.5, 0.6) is 5.75 Å². The Hall–Kier alpha value is -1.33. The number of ether oxygens (including phenoxy) is 1. The van der Waals surface area contributed by atoms with Crippen molar-refractivity contribution in [2.75, 3.05) is 7.11 Å². The van der Waals surface area contributed by atoms with Gasteiger partial charge >= 0.3 is 0 Å². The molecule has 0 spiro atoms. The summed E-state index contributed by atoms with van der Waals surface area (Å²) in [6.07, 6.45) is 4.52. The third kappa shape index (κ3) is 1.74. The maximum atomic E-state index is 10.5. The first-order valence-electron chi connectivity index (χ1n) is 6.06. The highest BCUT2D eigenvalue weighted by atomic mass is 32.1. The predicted octanol–water partition coefficient (Wildman–Crippen LogP) is 2.06. The van der Waals surface area contributed by atoms with Gasteiger partial charge in [0.05, 0.1) is 13.3 Å². The highest BCUT2D eigenvalue weighted by Gasteiger charge is 2.24. The van der Waals surface area contributed by atoms with Gasteiger partial charge in [-0.1, -0.05) is 0 Å². The molecule has 2 heterocycles. The summed E-state index contributed by atoms with van der Waals surface area (Å²) in [6.45, 7) is 0. The number of rotatable bonds is 3. The van der Waals surface area contributed by atoms with E-state index in [2.05, 4.69) is 11.2 Å². The van der Waals surface area contributed by atoms with Crippen molar-refractivity contribution in [3.63, 3.8) is 0 Å². The lowest BCUT2D eigenvalue weighted by Crippen LogP contribution is -2.06. The van der Waals surface area contributed by atoms with Crippen LogP contribution in [0.1, 0.15) is 33.5 Å². The van der Waals surface area contributed by atoms with E-state index in [1.54, 1.807) is 29.3 Å². The third-order valence-corrected chi connectivity index (χ3v) is 4.75. The van der Waals surface area contributed by atoms with E-state index in [-0.39, 0.29) is 0 Å². The molecule has 0 fully saturated rings. The molecule has 18 heavy (non-hydrogen) atoms. The first kappa shape index (κ1) is 11.7. The molecular weight excluding hydrogens is 248 g/mol. The molecule has 0 radical (unpaired) electrons. The molecule has 1 atom stereocenters. The second-order valence-electron chi connectivity index (χ2n) is 4.58. The number of aliphatic hydroxyl groups is 1. The Morgan fingerprint density at radius 3 is 3.06 bits per heavy atom. The monoisotopic (exact) mass is 264 g/mol. The lowest BCUT2D eigenvalue weighted by Gasteiger charge is -2.11. The van der Waals surface area contributed by atoms with E-state index in [0.29, 0.717) is 5.75 Å². The minimum Gasteiger partial charge on any atom is -0.493 e. The Kier molecular flexibility index (Phi) is 2.87. The molecule has 0 saturated carbocycles. The SMILES string of the molecule is COc1cnn(C)c1C(O)c1cc2c(s1)CCC2. The van der Waals surface area contributed by atoms with Crippen molar-refractivity contribution >= 4 is 11.3 Å². The van der Waals surface area contributed by atoms with Gasteiger partial charge in [0.25, 0.3) is 0 Å². The molecule has 2 aromatic rings. The lowest BCUT2D eigenvalue weighted by atomic mass is 10.1. The van der Waals surface area contributed by atoms with E-state index in [1.165, 1.54) is 16.9 Å². The van der Waals surface area contributed by atoms with Crippen LogP contribution < -0.4 is 4.74 Å².